The molecule has 4 rings (SSSR count). The third kappa shape index (κ3) is 2.95. The maximum atomic E-state index is 12.7. The van der Waals surface area contributed by atoms with Crippen LogP contribution in [0.1, 0.15) is 31.2 Å². The molecule has 0 radical (unpaired) electrons. The highest BCUT2D eigenvalue weighted by Crippen LogP contribution is 2.34. The minimum Gasteiger partial charge on any atom is -0.481 e. The van der Waals surface area contributed by atoms with E-state index >= 15 is 0 Å². The number of carbonyl (C=O) groups excluding carboxylic acids is 1. The zero-order valence-corrected chi connectivity index (χ0v) is 14.1. The van der Waals surface area contributed by atoms with Gasteiger partial charge < -0.3 is 15.0 Å². The first kappa shape index (κ1) is 15.9. The molecule has 5 nitrogen and oxygen atoms in total. The number of carboxylic acids is 1. The number of rotatable bonds is 3. The highest BCUT2D eigenvalue weighted by atomic mass is 16.4. The predicted octanol–water partition coefficient (Wildman–Crippen LogP) is 3.28. The van der Waals surface area contributed by atoms with Gasteiger partial charge in [-0.2, -0.15) is 0 Å². The molecule has 25 heavy (non-hydrogen) atoms. The summed E-state index contributed by atoms with van der Waals surface area (Å²) >= 11 is 0. The summed E-state index contributed by atoms with van der Waals surface area (Å²) in [4.78, 5) is 28.9. The normalized spacial score (nSPS) is 23.7. The van der Waals surface area contributed by atoms with Gasteiger partial charge in [-0.25, -0.2) is 0 Å². The number of hydrogen-bond acceptors (Lipinski definition) is 2. The second-order valence-electron chi connectivity index (χ2n) is 7.06. The molecule has 1 aromatic heterocycles. The van der Waals surface area contributed by atoms with Gasteiger partial charge in [-0.05, 0) is 37.3 Å². The smallest absolute Gasteiger partial charge is 0.306 e. The van der Waals surface area contributed by atoms with E-state index in [1.165, 1.54) is 16.5 Å². The van der Waals surface area contributed by atoms with Crippen molar-refractivity contribution in [2.24, 2.45) is 11.8 Å². The number of aromatic nitrogens is 1. The van der Waals surface area contributed by atoms with Crippen molar-refractivity contribution in [3.05, 3.63) is 42.1 Å². The van der Waals surface area contributed by atoms with Crippen molar-refractivity contribution in [2.75, 3.05) is 13.1 Å². The van der Waals surface area contributed by atoms with Crippen molar-refractivity contribution in [1.29, 1.82) is 0 Å². The second kappa shape index (κ2) is 6.39. The summed E-state index contributed by atoms with van der Waals surface area (Å²) in [6.45, 7) is 1.32. The van der Waals surface area contributed by atoms with Gasteiger partial charge in [0.2, 0.25) is 5.91 Å². The van der Waals surface area contributed by atoms with Gasteiger partial charge in [-0.15, -0.1) is 0 Å². The van der Waals surface area contributed by atoms with Crippen LogP contribution < -0.4 is 0 Å². The van der Waals surface area contributed by atoms with Crippen LogP contribution in [0.5, 0.6) is 0 Å². The van der Waals surface area contributed by atoms with Crippen LogP contribution >= 0.6 is 0 Å². The lowest BCUT2D eigenvalue weighted by Crippen LogP contribution is -2.38. The Bertz CT molecular complexity index is 851. The zero-order valence-electron chi connectivity index (χ0n) is 14.1. The van der Waals surface area contributed by atoms with Crippen molar-refractivity contribution in [2.45, 2.75) is 25.7 Å². The highest BCUT2D eigenvalue weighted by molar-refractivity contribution is 5.93. The van der Waals surface area contributed by atoms with Gasteiger partial charge in [0.05, 0.1) is 5.92 Å². The number of carbonyl (C=O) groups is 2. The maximum Gasteiger partial charge on any atom is 0.306 e. The second-order valence-corrected chi connectivity index (χ2v) is 7.06. The number of nitrogens with one attached hydrogen (secondary N) is 1. The number of nitrogens with zero attached hydrogens (tertiary/aromatic N) is 1. The zero-order chi connectivity index (χ0) is 17.4. The van der Waals surface area contributed by atoms with E-state index < -0.39 is 5.97 Å². The molecule has 2 atom stereocenters. The molecule has 0 spiro atoms. The summed E-state index contributed by atoms with van der Waals surface area (Å²) in [6, 6.07) is 8.24. The molecule has 0 unspecified atom stereocenters. The average molecular weight is 338 g/mol. The number of carboxylic acid groups (broad SMARTS) is 1. The summed E-state index contributed by atoms with van der Waals surface area (Å²) in [6.07, 6.45) is 6.83. The van der Waals surface area contributed by atoms with E-state index in [-0.39, 0.29) is 17.7 Å². The Morgan fingerprint density at radius 1 is 1.16 bits per heavy atom. The summed E-state index contributed by atoms with van der Waals surface area (Å²) in [5.41, 5.74) is 3.62. The SMILES string of the molecule is O=C(O)[C@@H]1CC[C@H](C(=O)N2CC=C(c3c[nH]c4ccccc34)CC2)C1. The van der Waals surface area contributed by atoms with Crippen LogP contribution in [-0.2, 0) is 9.59 Å². The quantitative estimate of drug-likeness (QED) is 0.902. The van der Waals surface area contributed by atoms with Crippen LogP contribution in [-0.4, -0.2) is 40.0 Å². The van der Waals surface area contributed by atoms with Crippen molar-refractivity contribution >= 4 is 28.4 Å². The van der Waals surface area contributed by atoms with Crippen molar-refractivity contribution in [3.8, 4) is 0 Å². The number of benzene rings is 1. The molecule has 5 heteroatoms. The lowest BCUT2D eigenvalue weighted by molar-refractivity contribution is -0.141. The summed E-state index contributed by atoms with van der Waals surface area (Å²) < 4.78 is 0. The third-order valence-electron chi connectivity index (χ3n) is 5.59. The van der Waals surface area contributed by atoms with Gasteiger partial charge in [-0.3, -0.25) is 9.59 Å². The Labute approximate surface area is 146 Å². The monoisotopic (exact) mass is 338 g/mol. The lowest BCUT2D eigenvalue weighted by atomic mass is 9.97. The molecular formula is C20H22N2O3. The van der Waals surface area contributed by atoms with Crippen LogP contribution in [0.25, 0.3) is 16.5 Å². The fourth-order valence-corrected chi connectivity index (χ4v) is 4.14. The molecule has 1 amide bonds. The van der Waals surface area contributed by atoms with E-state index in [1.54, 1.807) is 0 Å². The first-order chi connectivity index (χ1) is 12.1. The number of amides is 1. The third-order valence-corrected chi connectivity index (χ3v) is 5.59. The summed E-state index contributed by atoms with van der Waals surface area (Å²) in [5, 5.41) is 10.3. The maximum absolute atomic E-state index is 12.7. The van der Waals surface area contributed by atoms with Crippen LogP contribution in [0.3, 0.4) is 0 Å². The minimum atomic E-state index is -0.768. The minimum absolute atomic E-state index is 0.121. The molecule has 2 N–H and O–H groups in total. The van der Waals surface area contributed by atoms with Gasteiger partial charge in [-0.1, -0.05) is 24.3 Å². The van der Waals surface area contributed by atoms with E-state index in [1.807, 2.05) is 23.2 Å². The van der Waals surface area contributed by atoms with Gasteiger partial charge >= 0.3 is 5.97 Å². The van der Waals surface area contributed by atoms with E-state index in [0.717, 1.165) is 11.9 Å². The standard InChI is InChI=1S/C20H22N2O3/c23-19(14-5-6-15(11-14)20(24)25)22-9-7-13(8-10-22)17-12-21-18-4-2-1-3-16(17)18/h1-4,7,12,14-15,21H,5-6,8-11H2,(H,24,25)/t14-,15+/m0/s1. The number of hydrogen-bond donors (Lipinski definition) is 2. The molecular weight excluding hydrogens is 316 g/mol. The fourth-order valence-electron chi connectivity index (χ4n) is 4.14. The van der Waals surface area contributed by atoms with E-state index in [4.69, 9.17) is 5.11 Å². The molecule has 1 fully saturated rings. The lowest BCUT2D eigenvalue weighted by Gasteiger charge is -2.29. The Morgan fingerprint density at radius 3 is 2.68 bits per heavy atom. The Morgan fingerprint density at radius 2 is 1.96 bits per heavy atom. The Balaban J connectivity index is 1.45. The van der Waals surface area contributed by atoms with Crippen LogP contribution in [0.2, 0.25) is 0 Å². The van der Waals surface area contributed by atoms with Crippen LogP contribution in [0.4, 0.5) is 0 Å². The number of aromatic amines is 1. The number of aliphatic carboxylic acids is 1. The van der Waals surface area contributed by atoms with Crippen molar-refractivity contribution < 1.29 is 14.7 Å². The van der Waals surface area contributed by atoms with Crippen molar-refractivity contribution in [1.82, 2.24) is 9.88 Å². The first-order valence-electron chi connectivity index (χ1n) is 8.90. The van der Waals surface area contributed by atoms with Crippen LogP contribution in [0.15, 0.2) is 36.5 Å². The number of para-hydroxylation sites is 1. The molecule has 0 saturated heterocycles. The molecule has 1 aromatic carbocycles. The number of fused-ring (bicyclic) bond motifs is 1. The molecule has 1 saturated carbocycles. The molecule has 2 heterocycles. The Hall–Kier alpha value is -2.56. The average Bonchev–Trinajstić information content (AvgIpc) is 3.29. The topological polar surface area (TPSA) is 73.4 Å². The number of H-pyrrole nitrogens is 1. The molecule has 1 aliphatic carbocycles. The molecule has 1 aliphatic heterocycles. The van der Waals surface area contributed by atoms with Gasteiger partial charge in [0.25, 0.3) is 0 Å². The predicted molar refractivity (Wildman–Crippen MR) is 95.9 cm³/mol. The Kier molecular flexibility index (Phi) is 4.07. The van der Waals surface area contributed by atoms with Gasteiger partial charge in [0.15, 0.2) is 0 Å². The largest absolute Gasteiger partial charge is 0.481 e. The van der Waals surface area contributed by atoms with Crippen LogP contribution in [0, 0.1) is 11.8 Å². The van der Waals surface area contributed by atoms with E-state index in [9.17, 15) is 9.59 Å². The highest BCUT2D eigenvalue weighted by Gasteiger charge is 2.36. The van der Waals surface area contributed by atoms with Gasteiger partial charge in [0.1, 0.15) is 0 Å². The first-order valence-corrected chi connectivity index (χ1v) is 8.90. The van der Waals surface area contributed by atoms with E-state index in [0.29, 0.717) is 32.4 Å². The van der Waals surface area contributed by atoms with E-state index in [2.05, 4.69) is 23.2 Å². The summed E-state index contributed by atoms with van der Waals surface area (Å²) in [7, 11) is 0. The van der Waals surface area contributed by atoms with Gasteiger partial charge in [0, 0.05) is 41.7 Å². The fraction of sp³-hybridized carbons (Fsp3) is 0.400. The molecule has 2 aromatic rings. The van der Waals surface area contributed by atoms with Crippen molar-refractivity contribution in [3.63, 3.8) is 0 Å². The molecule has 0 bridgehead atoms. The summed E-state index contributed by atoms with van der Waals surface area (Å²) in [5.74, 6) is -1.12. The molecule has 2 aliphatic rings. The molecule has 130 valence electrons.